The van der Waals surface area contributed by atoms with E-state index in [4.69, 9.17) is 0 Å². The lowest BCUT2D eigenvalue weighted by Crippen LogP contribution is -2.36. The Morgan fingerprint density at radius 2 is 2.03 bits per heavy atom. The lowest BCUT2D eigenvalue weighted by Gasteiger charge is -2.29. The third-order valence-electron chi connectivity index (χ3n) is 5.35. The number of anilines is 2. The number of pyridine rings is 1. The molecular weight excluding hydrogens is 459 g/mol. The van der Waals surface area contributed by atoms with Crippen LogP contribution < -0.4 is 5.32 Å². The molecule has 0 atom stereocenters. The van der Waals surface area contributed by atoms with Crippen LogP contribution in [0.25, 0.3) is 0 Å². The number of fused-ring (bicyclic) bond motifs is 1. The second-order valence-electron chi connectivity index (χ2n) is 7.47. The van der Waals surface area contributed by atoms with Gasteiger partial charge < -0.3 is 15.2 Å². The summed E-state index contributed by atoms with van der Waals surface area (Å²) in [6.45, 7) is 2.15. The number of carbonyl (C=O) groups is 1. The Bertz CT molecular complexity index is 1290. The number of imidazole rings is 1. The molecule has 33 heavy (non-hydrogen) atoms. The highest BCUT2D eigenvalue weighted by Gasteiger charge is 2.31. The summed E-state index contributed by atoms with van der Waals surface area (Å²) in [5.74, 6) is -0.247. The van der Waals surface area contributed by atoms with Crippen molar-refractivity contribution in [2.75, 3.05) is 17.6 Å². The molecule has 0 saturated carbocycles. The molecule has 3 heterocycles. The minimum Gasteiger partial charge on any atom is -0.340 e. The van der Waals surface area contributed by atoms with Crippen molar-refractivity contribution < 1.29 is 26.4 Å². The van der Waals surface area contributed by atoms with Gasteiger partial charge >= 0.3 is 6.18 Å². The van der Waals surface area contributed by atoms with Crippen molar-refractivity contribution in [3.8, 4) is 0 Å². The van der Waals surface area contributed by atoms with Crippen LogP contribution in [0.3, 0.4) is 0 Å². The molecule has 174 valence electrons. The van der Waals surface area contributed by atoms with E-state index in [-0.39, 0.29) is 29.0 Å². The predicted octanol–water partition coefficient (Wildman–Crippen LogP) is 3.56. The summed E-state index contributed by atoms with van der Waals surface area (Å²) >= 11 is 0. The van der Waals surface area contributed by atoms with Crippen LogP contribution in [0.1, 0.15) is 34.1 Å². The van der Waals surface area contributed by atoms with Crippen molar-refractivity contribution >= 4 is 27.2 Å². The molecule has 12 heteroatoms. The average Bonchev–Trinajstić information content (AvgIpc) is 3.29. The van der Waals surface area contributed by atoms with E-state index in [1.165, 1.54) is 19.2 Å². The number of alkyl halides is 3. The van der Waals surface area contributed by atoms with Gasteiger partial charge in [0.05, 0.1) is 11.3 Å². The van der Waals surface area contributed by atoms with Crippen molar-refractivity contribution in [3.05, 3.63) is 65.1 Å². The van der Waals surface area contributed by atoms with Crippen molar-refractivity contribution in [3.63, 3.8) is 0 Å². The van der Waals surface area contributed by atoms with E-state index in [0.717, 1.165) is 23.4 Å². The number of nitrogens with zero attached hydrogens (tertiary/aromatic N) is 3. The van der Waals surface area contributed by atoms with Crippen LogP contribution in [0.4, 0.5) is 24.7 Å². The first-order chi connectivity index (χ1) is 15.6. The fraction of sp³-hybridized carbons (Fsp3) is 0.286. The molecule has 0 fully saturated rings. The number of nitrogens with one attached hydrogen (secondary N) is 2. The molecular formula is C21H20F3N5O3S. The molecule has 8 nitrogen and oxygen atoms in total. The predicted molar refractivity (Wildman–Crippen MR) is 114 cm³/mol. The van der Waals surface area contributed by atoms with Gasteiger partial charge in [0.2, 0.25) is 15.0 Å². The van der Waals surface area contributed by atoms with Gasteiger partial charge in [0.1, 0.15) is 11.5 Å². The first kappa shape index (κ1) is 22.8. The van der Waals surface area contributed by atoms with Crippen molar-refractivity contribution in [2.24, 2.45) is 0 Å². The van der Waals surface area contributed by atoms with Gasteiger partial charge in [-0.1, -0.05) is 19.1 Å². The van der Waals surface area contributed by atoms with Crippen LogP contribution in [0, 0.1) is 0 Å². The van der Waals surface area contributed by atoms with Gasteiger partial charge in [0.25, 0.3) is 5.91 Å². The van der Waals surface area contributed by atoms with Crippen molar-refractivity contribution in [1.82, 2.24) is 19.9 Å². The smallest absolute Gasteiger partial charge is 0.340 e. The van der Waals surface area contributed by atoms with Crippen molar-refractivity contribution in [1.29, 1.82) is 0 Å². The summed E-state index contributed by atoms with van der Waals surface area (Å²) in [6, 6.07) is 7.66. The molecule has 0 spiro atoms. The summed E-state index contributed by atoms with van der Waals surface area (Å²) in [6.07, 6.45) is -1.90. The Morgan fingerprint density at radius 1 is 1.24 bits per heavy atom. The molecule has 1 aromatic carbocycles. The Morgan fingerprint density at radius 3 is 2.70 bits per heavy atom. The second-order valence-corrected chi connectivity index (χ2v) is 9.66. The van der Waals surface area contributed by atoms with Crippen LogP contribution in [0.5, 0.6) is 0 Å². The summed E-state index contributed by atoms with van der Waals surface area (Å²) in [4.78, 5) is 24.8. The number of halogens is 3. The van der Waals surface area contributed by atoms with E-state index in [1.54, 1.807) is 17.0 Å². The first-order valence-corrected chi connectivity index (χ1v) is 11.7. The SMILES string of the molecule is CCS(=O)(=O)c1nc(C(=O)N2CCc3c(cccc3Nc3ccc(C(F)(F)F)cn3)C2)c[nH]1. The quantitative estimate of drug-likeness (QED) is 0.580. The highest BCUT2D eigenvalue weighted by Crippen LogP contribution is 2.31. The molecule has 0 saturated heterocycles. The zero-order valence-corrected chi connectivity index (χ0v) is 18.3. The zero-order chi connectivity index (χ0) is 23.8. The molecule has 2 N–H and O–H groups in total. The minimum absolute atomic E-state index is 0.0220. The highest BCUT2D eigenvalue weighted by atomic mass is 32.2. The average molecular weight is 479 g/mol. The van der Waals surface area contributed by atoms with E-state index in [9.17, 15) is 26.4 Å². The maximum absolute atomic E-state index is 12.9. The standard InChI is InChI=1S/C21H20F3N5O3S/c1-2-33(31,32)20-26-11-17(28-20)19(30)29-9-8-15-13(12-29)4-3-5-16(15)27-18-7-6-14(10-25-18)21(22,23)24/h3-7,10-11H,2,8-9,12H2,1H3,(H,25,27)(H,26,28). The van der Waals surface area contributed by atoms with E-state index in [0.29, 0.717) is 18.7 Å². The Balaban J connectivity index is 1.50. The largest absolute Gasteiger partial charge is 0.417 e. The summed E-state index contributed by atoms with van der Waals surface area (Å²) in [5, 5.41) is 2.81. The molecule has 3 aromatic rings. The molecule has 1 aliphatic heterocycles. The lowest BCUT2D eigenvalue weighted by atomic mass is 9.97. The number of carbonyl (C=O) groups excluding carboxylic acids is 1. The fourth-order valence-corrected chi connectivity index (χ4v) is 4.29. The van der Waals surface area contributed by atoms with Gasteiger partial charge in [-0.3, -0.25) is 4.79 Å². The summed E-state index contributed by atoms with van der Waals surface area (Å²) < 4.78 is 62.1. The molecule has 4 rings (SSSR count). The second kappa shape index (κ2) is 8.50. The number of hydrogen-bond acceptors (Lipinski definition) is 6. The topological polar surface area (TPSA) is 108 Å². The number of hydrogen-bond donors (Lipinski definition) is 2. The van der Waals surface area contributed by atoms with Gasteiger partial charge in [-0.2, -0.15) is 13.2 Å². The normalized spacial score (nSPS) is 14.1. The number of aromatic amines is 1. The third kappa shape index (κ3) is 4.70. The molecule has 0 radical (unpaired) electrons. The van der Waals surface area contributed by atoms with E-state index >= 15 is 0 Å². The Hall–Kier alpha value is -3.41. The van der Waals surface area contributed by atoms with Crippen LogP contribution in [0.2, 0.25) is 0 Å². The van der Waals surface area contributed by atoms with E-state index < -0.39 is 27.5 Å². The van der Waals surface area contributed by atoms with E-state index in [2.05, 4.69) is 20.3 Å². The molecule has 2 aromatic heterocycles. The molecule has 0 bridgehead atoms. The number of amides is 1. The fourth-order valence-electron chi connectivity index (χ4n) is 3.55. The van der Waals surface area contributed by atoms with Gasteiger partial charge in [-0.05, 0) is 35.7 Å². The van der Waals surface area contributed by atoms with E-state index in [1.807, 2.05) is 6.07 Å². The number of sulfone groups is 1. The molecule has 1 aliphatic rings. The first-order valence-electron chi connectivity index (χ1n) is 10.1. The molecule has 0 unspecified atom stereocenters. The van der Waals surface area contributed by atoms with Crippen molar-refractivity contribution in [2.45, 2.75) is 31.2 Å². The van der Waals surface area contributed by atoms with Gasteiger partial charge in [0, 0.05) is 31.2 Å². The maximum Gasteiger partial charge on any atom is 0.417 e. The number of aromatic nitrogens is 3. The summed E-state index contributed by atoms with van der Waals surface area (Å²) in [5.41, 5.74) is 1.69. The number of benzene rings is 1. The number of H-pyrrole nitrogens is 1. The van der Waals surface area contributed by atoms with Gasteiger partial charge in [-0.15, -0.1) is 0 Å². The zero-order valence-electron chi connectivity index (χ0n) is 17.5. The van der Waals surface area contributed by atoms with Crippen LogP contribution in [0.15, 0.2) is 47.9 Å². The van der Waals surface area contributed by atoms with Crippen LogP contribution in [-0.2, 0) is 29.0 Å². The van der Waals surface area contributed by atoms with Gasteiger partial charge in [0.15, 0.2) is 0 Å². The Labute approximate surface area is 187 Å². The maximum atomic E-state index is 12.9. The monoisotopic (exact) mass is 479 g/mol. The summed E-state index contributed by atoms with van der Waals surface area (Å²) in [7, 11) is -3.55. The minimum atomic E-state index is -4.46. The van der Waals surface area contributed by atoms with Crippen LogP contribution >= 0.6 is 0 Å². The third-order valence-corrected chi connectivity index (χ3v) is 6.91. The number of rotatable bonds is 5. The van der Waals surface area contributed by atoms with Crippen LogP contribution in [-0.4, -0.2) is 46.5 Å². The molecule has 1 amide bonds. The lowest BCUT2D eigenvalue weighted by molar-refractivity contribution is -0.137. The Kier molecular flexibility index (Phi) is 5.87. The highest BCUT2D eigenvalue weighted by molar-refractivity contribution is 7.91. The molecule has 0 aliphatic carbocycles. The van der Waals surface area contributed by atoms with Gasteiger partial charge in [-0.25, -0.2) is 18.4 Å².